The number of rotatable bonds is 5. The van der Waals surface area contributed by atoms with E-state index in [2.05, 4.69) is 51.3 Å². The summed E-state index contributed by atoms with van der Waals surface area (Å²) >= 11 is 0. The molecule has 0 atom stereocenters. The average Bonchev–Trinajstić information content (AvgIpc) is 2.53. The Bertz CT molecular complexity index is 442. The van der Waals surface area contributed by atoms with Gasteiger partial charge in [-0.1, -0.05) is 0 Å². The molecule has 3 rings (SSSR count). The van der Waals surface area contributed by atoms with Gasteiger partial charge < -0.3 is 9.64 Å². The summed E-state index contributed by atoms with van der Waals surface area (Å²) in [6.45, 7) is 20.3. The molecule has 0 spiro atoms. The van der Waals surface area contributed by atoms with Crippen molar-refractivity contribution in [3.8, 4) is 0 Å². The lowest BCUT2D eigenvalue weighted by atomic mass is 9.74. The minimum absolute atomic E-state index is 0.0318. The van der Waals surface area contributed by atoms with E-state index in [-0.39, 0.29) is 5.60 Å². The van der Waals surface area contributed by atoms with E-state index in [1.807, 2.05) is 0 Å². The van der Waals surface area contributed by atoms with E-state index >= 15 is 0 Å². The molecule has 3 aliphatic rings. The lowest BCUT2D eigenvalue weighted by Gasteiger charge is -2.43. The van der Waals surface area contributed by atoms with Crippen LogP contribution in [0.2, 0.25) is 0 Å². The summed E-state index contributed by atoms with van der Waals surface area (Å²) in [7, 11) is 0. The van der Waals surface area contributed by atoms with Crippen molar-refractivity contribution in [3.63, 3.8) is 0 Å². The van der Waals surface area contributed by atoms with Crippen molar-refractivity contribution in [2.24, 2.45) is 17.8 Å². The van der Waals surface area contributed by atoms with E-state index in [0.717, 1.165) is 17.8 Å². The zero-order valence-corrected chi connectivity index (χ0v) is 19.1. The van der Waals surface area contributed by atoms with Crippen molar-refractivity contribution in [1.29, 1.82) is 0 Å². The molecule has 0 unspecified atom stereocenters. The van der Waals surface area contributed by atoms with E-state index in [1.54, 1.807) is 0 Å². The first-order valence-corrected chi connectivity index (χ1v) is 11.7. The molecule has 3 nitrogen and oxygen atoms in total. The monoisotopic (exact) mass is 378 g/mol. The zero-order valence-electron chi connectivity index (χ0n) is 19.1. The van der Waals surface area contributed by atoms with Gasteiger partial charge in [0.1, 0.15) is 0 Å². The fourth-order valence-electron chi connectivity index (χ4n) is 5.49. The van der Waals surface area contributed by atoms with Gasteiger partial charge in [-0.25, -0.2) is 0 Å². The molecule has 2 heterocycles. The van der Waals surface area contributed by atoms with Gasteiger partial charge in [0.2, 0.25) is 0 Å². The molecule has 2 saturated heterocycles. The van der Waals surface area contributed by atoms with Gasteiger partial charge in [-0.05, 0) is 130 Å². The second-order valence-electron chi connectivity index (χ2n) is 11.8. The van der Waals surface area contributed by atoms with Gasteiger partial charge in [0, 0.05) is 12.1 Å². The lowest BCUT2D eigenvalue weighted by molar-refractivity contribution is -0.115. The molecule has 0 amide bonds. The van der Waals surface area contributed by atoms with E-state index in [4.69, 9.17) is 4.74 Å². The second kappa shape index (κ2) is 8.71. The number of piperidine rings is 2. The molecular weight excluding hydrogens is 332 g/mol. The van der Waals surface area contributed by atoms with Gasteiger partial charge in [-0.2, -0.15) is 0 Å². The summed E-state index contributed by atoms with van der Waals surface area (Å²) in [4.78, 5) is 5.45. The fourth-order valence-corrected chi connectivity index (χ4v) is 5.49. The predicted molar refractivity (Wildman–Crippen MR) is 115 cm³/mol. The topological polar surface area (TPSA) is 15.7 Å². The Hall–Kier alpha value is -0.120. The Balaban J connectivity index is 1.28. The van der Waals surface area contributed by atoms with Crippen LogP contribution in [0, 0.1) is 17.8 Å². The number of likely N-dealkylation sites (tertiary alicyclic amines) is 2. The standard InChI is InChI=1S/C24H46N2O/c1-23(2,3)26-13-9-20(10-14-26)18-25-11-7-19(8-12-25)15-21-16-22(17-21)27-24(4,5)6/h19-22H,7-18H2,1-6H3. The van der Waals surface area contributed by atoms with Gasteiger partial charge >= 0.3 is 0 Å². The highest BCUT2D eigenvalue weighted by Gasteiger charge is 2.35. The highest BCUT2D eigenvalue weighted by molar-refractivity contribution is 4.87. The molecule has 2 aliphatic heterocycles. The van der Waals surface area contributed by atoms with Crippen LogP contribution in [0.5, 0.6) is 0 Å². The van der Waals surface area contributed by atoms with Crippen LogP contribution in [0.4, 0.5) is 0 Å². The first-order chi connectivity index (χ1) is 12.6. The smallest absolute Gasteiger partial charge is 0.0602 e. The molecule has 0 N–H and O–H groups in total. The Morgan fingerprint density at radius 3 is 1.81 bits per heavy atom. The summed E-state index contributed by atoms with van der Waals surface area (Å²) < 4.78 is 6.11. The van der Waals surface area contributed by atoms with E-state index in [0.29, 0.717) is 11.6 Å². The number of hydrogen-bond donors (Lipinski definition) is 0. The maximum absolute atomic E-state index is 6.11. The van der Waals surface area contributed by atoms with Gasteiger partial charge in [0.15, 0.2) is 0 Å². The summed E-state index contributed by atoms with van der Waals surface area (Å²) in [5, 5.41) is 0. The zero-order chi connectivity index (χ0) is 19.7. The Labute approximate surface area is 169 Å². The van der Waals surface area contributed by atoms with Crippen LogP contribution in [-0.4, -0.2) is 59.8 Å². The second-order valence-corrected chi connectivity index (χ2v) is 11.8. The Kier molecular flexibility index (Phi) is 6.97. The Morgan fingerprint density at radius 2 is 1.30 bits per heavy atom. The van der Waals surface area contributed by atoms with Crippen LogP contribution in [0.15, 0.2) is 0 Å². The highest BCUT2D eigenvalue weighted by atomic mass is 16.5. The van der Waals surface area contributed by atoms with Gasteiger partial charge in [0.25, 0.3) is 0 Å². The van der Waals surface area contributed by atoms with Crippen molar-refractivity contribution in [1.82, 2.24) is 9.80 Å². The van der Waals surface area contributed by atoms with Crippen LogP contribution >= 0.6 is 0 Å². The fraction of sp³-hybridized carbons (Fsp3) is 1.00. The minimum Gasteiger partial charge on any atom is -0.373 e. The summed E-state index contributed by atoms with van der Waals surface area (Å²) in [6.07, 6.45) is 10.3. The largest absolute Gasteiger partial charge is 0.373 e. The third-order valence-corrected chi connectivity index (χ3v) is 7.17. The summed E-state index contributed by atoms with van der Waals surface area (Å²) in [5.74, 6) is 2.85. The maximum Gasteiger partial charge on any atom is 0.0602 e. The third-order valence-electron chi connectivity index (χ3n) is 7.17. The molecule has 1 aliphatic carbocycles. The molecule has 3 fully saturated rings. The van der Waals surface area contributed by atoms with Crippen molar-refractivity contribution >= 4 is 0 Å². The van der Waals surface area contributed by atoms with Gasteiger partial charge in [0.05, 0.1) is 11.7 Å². The molecule has 0 radical (unpaired) electrons. The van der Waals surface area contributed by atoms with E-state index < -0.39 is 0 Å². The molecule has 0 aromatic carbocycles. The Morgan fingerprint density at radius 1 is 0.741 bits per heavy atom. The quantitative estimate of drug-likeness (QED) is 0.654. The van der Waals surface area contributed by atoms with Crippen molar-refractivity contribution in [3.05, 3.63) is 0 Å². The number of hydrogen-bond acceptors (Lipinski definition) is 3. The summed E-state index contributed by atoms with van der Waals surface area (Å²) in [6, 6.07) is 0. The molecule has 0 bridgehead atoms. The van der Waals surface area contributed by atoms with Gasteiger partial charge in [-0.15, -0.1) is 0 Å². The highest BCUT2D eigenvalue weighted by Crippen LogP contribution is 2.39. The van der Waals surface area contributed by atoms with Crippen molar-refractivity contribution in [2.75, 3.05) is 32.7 Å². The molecule has 27 heavy (non-hydrogen) atoms. The average molecular weight is 379 g/mol. The predicted octanol–water partition coefficient (Wildman–Crippen LogP) is 5.19. The molecule has 3 heteroatoms. The maximum atomic E-state index is 6.11. The summed E-state index contributed by atoms with van der Waals surface area (Å²) in [5.41, 5.74) is 0.381. The lowest BCUT2D eigenvalue weighted by Crippen LogP contribution is -2.48. The minimum atomic E-state index is 0.0318. The molecule has 0 aromatic heterocycles. The van der Waals surface area contributed by atoms with E-state index in [1.165, 1.54) is 77.7 Å². The van der Waals surface area contributed by atoms with Crippen LogP contribution in [-0.2, 0) is 4.74 Å². The SMILES string of the molecule is CC(C)(C)OC1CC(CC2CCN(CC3CCN(C(C)(C)C)CC3)CC2)C1. The first kappa shape index (κ1) is 21.6. The van der Waals surface area contributed by atoms with E-state index in [9.17, 15) is 0 Å². The van der Waals surface area contributed by atoms with Crippen LogP contribution in [0.25, 0.3) is 0 Å². The van der Waals surface area contributed by atoms with Gasteiger partial charge in [-0.3, -0.25) is 4.90 Å². The third kappa shape index (κ3) is 6.72. The van der Waals surface area contributed by atoms with Crippen molar-refractivity contribution < 1.29 is 4.74 Å². The van der Waals surface area contributed by atoms with Crippen LogP contribution in [0.1, 0.15) is 86.5 Å². The molecule has 1 saturated carbocycles. The normalized spacial score (nSPS) is 30.4. The number of ether oxygens (including phenoxy) is 1. The molecular formula is C24H46N2O. The molecule has 158 valence electrons. The molecule has 0 aromatic rings. The number of nitrogens with zero attached hydrogens (tertiary/aromatic N) is 2. The first-order valence-electron chi connectivity index (χ1n) is 11.7. The van der Waals surface area contributed by atoms with Crippen LogP contribution < -0.4 is 0 Å². The van der Waals surface area contributed by atoms with Crippen molar-refractivity contribution in [2.45, 2.75) is 104 Å². The van der Waals surface area contributed by atoms with Crippen LogP contribution in [0.3, 0.4) is 0 Å².